The Bertz CT molecular complexity index is 122. The van der Waals surface area contributed by atoms with Gasteiger partial charge in [-0.05, 0) is 52.9 Å². The lowest BCUT2D eigenvalue weighted by atomic mass is 10.2. The molecule has 0 aliphatic heterocycles. The summed E-state index contributed by atoms with van der Waals surface area (Å²) in [5, 5.41) is 3.42. The van der Waals surface area contributed by atoms with Gasteiger partial charge in [0, 0.05) is 19.3 Å². The van der Waals surface area contributed by atoms with Crippen molar-refractivity contribution in [3.05, 3.63) is 0 Å². The first-order valence-electron chi connectivity index (χ1n) is 6.58. The Balaban J connectivity index is 2.93. The fourth-order valence-electron chi connectivity index (χ4n) is 1.48. The Morgan fingerprint density at radius 2 is 1.69 bits per heavy atom. The van der Waals surface area contributed by atoms with Gasteiger partial charge in [0.2, 0.25) is 0 Å². The minimum Gasteiger partial charge on any atom is -0.381 e. The van der Waals surface area contributed by atoms with Crippen molar-refractivity contribution >= 4 is 0 Å². The predicted octanol–water partition coefficient (Wildman–Crippen LogP) is 2.12. The molecule has 0 aromatic rings. The number of nitrogens with one attached hydrogen (secondary N) is 1. The molecule has 0 bridgehead atoms. The van der Waals surface area contributed by atoms with E-state index >= 15 is 0 Å². The van der Waals surface area contributed by atoms with Crippen molar-refractivity contribution in [3.63, 3.8) is 0 Å². The number of ether oxygens (including phenoxy) is 1. The van der Waals surface area contributed by atoms with Crippen LogP contribution in [0.3, 0.4) is 0 Å². The minimum absolute atomic E-state index is 0.613. The van der Waals surface area contributed by atoms with Gasteiger partial charge in [0.15, 0.2) is 0 Å². The van der Waals surface area contributed by atoms with E-state index in [0.717, 1.165) is 32.7 Å². The van der Waals surface area contributed by atoms with Gasteiger partial charge in [-0.25, -0.2) is 0 Å². The minimum atomic E-state index is 0.613. The van der Waals surface area contributed by atoms with Gasteiger partial charge in [0.25, 0.3) is 0 Å². The summed E-state index contributed by atoms with van der Waals surface area (Å²) in [6.45, 7) is 8.47. The van der Waals surface area contributed by atoms with E-state index in [-0.39, 0.29) is 0 Å². The van der Waals surface area contributed by atoms with E-state index in [1.54, 1.807) is 0 Å². The molecule has 0 heterocycles. The van der Waals surface area contributed by atoms with E-state index in [2.05, 4.69) is 38.2 Å². The number of hydrogen-bond acceptors (Lipinski definition) is 3. The quantitative estimate of drug-likeness (QED) is 0.550. The van der Waals surface area contributed by atoms with E-state index in [9.17, 15) is 0 Å². The summed E-state index contributed by atoms with van der Waals surface area (Å²) < 4.78 is 5.56. The maximum atomic E-state index is 5.56. The van der Waals surface area contributed by atoms with Gasteiger partial charge in [0.1, 0.15) is 0 Å². The summed E-state index contributed by atoms with van der Waals surface area (Å²) in [7, 11) is 4.20. The highest BCUT2D eigenvalue weighted by Gasteiger charge is 1.94. The maximum absolute atomic E-state index is 5.56. The smallest absolute Gasteiger partial charge is 0.0478 e. The number of unbranched alkanes of at least 4 members (excludes halogenated alkanes) is 2. The first-order chi connectivity index (χ1) is 7.63. The molecule has 3 nitrogen and oxygen atoms in total. The zero-order chi connectivity index (χ0) is 12.2. The third-order valence-electron chi connectivity index (χ3n) is 2.41. The van der Waals surface area contributed by atoms with E-state index in [1.165, 1.54) is 19.3 Å². The highest BCUT2D eigenvalue weighted by molar-refractivity contribution is 4.52. The van der Waals surface area contributed by atoms with Crippen LogP contribution in [0.5, 0.6) is 0 Å². The summed E-state index contributed by atoms with van der Waals surface area (Å²) in [5.74, 6) is 0. The van der Waals surface area contributed by atoms with Gasteiger partial charge >= 0.3 is 0 Å². The Morgan fingerprint density at radius 1 is 1.00 bits per heavy atom. The largest absolute Gasteiger partial charge is 0.381 e. The van der Waals surface area contributed by atoms with Gasteiger partial charge in [0.05, 0.1) is 0 Å². The predicted molar refractivity (Wildman–Crippen MR) is 71.0 cm³/mol. The van der Waals surface area contributed by atoms with Crippen LogP contribution in [0.1, 0.15) is 39.5 Å². The van der Waals surface area contributed by atoms with Crippen molar-refractivity contribution < 1.29 is 4.74 Å². The van der Waals surface area contributed by atoms with Crippen molar-refractivity contribution in [3.8, 4) is 0 Å². The molecule has 0 atom stereocenters. The average Bonchev–Trinajstić information content (AvgIpc) is 2.20. The van der Waals surface area contributed by atoms with Crippen LogP contribution in [0, 0.1) is 0 Å². The molecule has 0 aliphatic carbocycles. The van der Waals surface area contributed by atoms with Gasteiger partial charge in [-0.15, -0.1) is 0 Å². The van der Waals surface area contributed by atoms with E-state index in [0.29, 0.717) is 6.04 Å². The SMILES string of the molecule is CC(C)NCCCCCOCCCN(C)C. The van der Waals surface area contributed by atoms with E-state index < -0.39 is 0 Å². The Kier molecular flexibility index (Phi) is 11.3. The van der Waals surface area contributed by atoms with Gasteiger partial charge < -0.3 is 15.0 Å². The highest BCUT2D eigenvalue weighted by Crippen LogP contribution is 1.96. The van der Waals surface area contributed by atoms with Crippen molar-refractivity contribution in [2.45, 2.75) is 45.6 Å². The van der Waals surface area contributed by atoms with E-state index in [4.69, 9.17) is 4.74 Å². The van der Waals surface area contributed by atoms with Crippen LogP contribution in [-0.2, 0) is 4.74 Å². The topological polar surface area (TPSA) is 24.5 Å². The van der Waals surface area contributed by atoms with Gasteiger partial charge in [-0.1, -0.05) is 13.8 Å². The summed E-state index contributed by atoms with van der Waals surface area (Å²) >= 11 is 0. The third kappa shape index (κ3) is 13.9. The first kappa shape index (κ1) is 15.9. The molecule has 3 heteroatoms. The summed E-state index contributed by atoms with van der Waals surface area (Å²) in [6, 6.07) is 0.613. The zero-order valence-corrected chi connectivity index (χ0v) is 11.6. The molecular formula is C13H30N2O. The Morgan fingerprint density at radius 3 is 2.31 bits per heavy atom. The number of nitrogens with zero attached hydrogens (tertiary/aromatic N) is 1. The molecule has 98 valence electrons. The lowest BCUT2D eigenvalue weighted by Gasteiger charge is -2.09. The number of rotatable bonds is 11. The molecule has 0 fully saturated rings. The molecule has 1 N–H and O–H groups in total. The molecule has 0 saturated carbocycles. The molecule has 0 aromatic carbocycles. The van der Waals surface area contributed by atoms with Crippen LogP contribution in [0.15, 0.2) is 0 Å². The molecule has 0 spiro atoms. The van der Waals surface area contributed by atoms with Crippen LogP contribution < -0.4 is 5.32 Å². The maximum Gasteiger partial charge on any atom is 0.0478 e. The standard InChI is InChI=1S/C13H30N2O/c1-13(2)14-9-6-5-7-11-16-12-8-10-15(3)4/h13-14H,5-12H2,1-4H3. The van der Waals surface area contributed by atoms with Gasteiger partial charge in [-0.3, -0.25) is 0 Å². The number of hydrogen-bond donors (Lipinski definition) is 1. The monoisotopic (exact) mass is 230 g/mol. The zero-order valence-electron chi connectivity index (χ0n) is 11.6. The lowest BCUT2D eigenvalue weighted by Crippen LogP contribution is -2.23. The molecule has 0 saturated heterocycles. The van der Waals surface area contributed by atoms with Gasteiger partial charge in [-0.2, -0.15) is 0 Å². The first-order valence-corrected chi connectivity index (χ1v) is 6.58. The van der Waals surface area contributed by atoms with Crippen LogP contribution in [0.4, 0.5) is 0 Å². The van der Waals surface area contributed by atoms with E-state index in [1.807, 2.05) is 0 Å². The second-order valence-electron chi connectivity index (χ2n) is 4.94. The molecule has 0 aliphatic rings. The summed E-state index contributed by atoms with van der Waals surface area (Å²) in [6.07, 6.45) is 4.87. The van der Waals surface area contributed by atoms with Crippen molar-refractivity contribution in [2.24, 2.45) is 0 Å². The third-order valence-corrected chi connectivity index (χ3v) is 2.41. The second-order valence-corrected chi connectivity index (χ2v) is 4.94. The lowest BCUT2D eigenvalue weighted by molar-refractivity contribution is 0.122. The molecule has 16 heavy (non-hydrogen) atoms. The highest BCUT2D eigenvalue weighted by atomic mass is 16.5. The van der Waals surface area contributed by atoms with Crippen molar-refractivity contribution in [1.82, 2.24) is 10.2 Å². The van der Waals surface area contributed by atoms with Crippen LogP contribution >= 0.6 is 0 Å². The normalized spacial score (nSPS) is 11.6. The Labute approximate surface area is 102 Å². The summed E-state index contributed by atoms with van der Waals surface area (Å²) in [4.78, 5) is 2.20. The molecule has 0 unspecified atom stereocenters. The second kappa shape index (κ2) is 11.4. The molecule has 0 amide bonds. The molecular weight excluding hydrogens is 200 g/mol. The fourth-order valence-corrected chi connectivity index (χ4v) is 1.48. The van der Waals surface area contributed by atoms with Crippen LogP contribution in [-0.4, -0.2) is 51.3 Å². The van der Waals surface area contributed by atoms with Crippen molar-refractivity contribution in [1.29, 1.82) is 0 Å². The average molecular weight is 230 g/mol. The Hall–Kier alpha value is -0.120. The van der Waals surface area contributed by atoms with Crippen molar-refractivity contribution in [2.75, 3.05) is 40.4 Å². The molecule has 0 aromatic heterocycles. The van der Waals surface area contributed by atoms with Crippen LogP contribution in [0.25, 0.3) is 0 Å². The van der Waals surface area contributed by atoms with Crippen LogP contribution in [0.2, 0.25) is 0 Å². The molecule has 0 radical (unpaired) electrons. The summed E-state index contributed by atoms with van der Waals surface area (Å²) in [5.41, 5.74) is 0. The fraction of sp³-hybridized carbons (Fsp3) is 1.00. The molecule has 0 rings (SSSR count).